The number of carbonyl (C=O) groups is 1. The molecule has 1 heterocycles. The molecule has 0 aliphatic carbocycles. The Kier molecular flexibility index (Phi) is 9.50. The second-order valence-corrected chi connectivity index (χ2v) is 10.4. The number of fused-ring (bicyclic) bond motifs is 1. The van der Waals surface area contributed by atoms with Crippen LogP contribution in [0, 0.1) is 0 Å². The summed E-state index contributed by atoms with van der Waals surface area (Å²) in [6, 6.07) is 8.02. The quantitative estimate of drug-likeness (QED) is 0.414. The fraction of sp³-hybridized carbons (Fsp3) is 0.480. The first-order valence-electron chi connectivity index (χ1n) is 11.4. The summed E-state index contributed by atoms with van der Waals surface area (Å²) >= 11 is 7.03. The Morgan fingerprint density at radius 3 is 2.21 bits per heavy atom. The summed E-state index contributed by atoms with van der Waals surface area (Å²) in [5.74, 6) is 1.56. The smallest absolute Gasteiger partial charge is 0.227 e. The van der Waals surface area contributed by atoms with Crippen molar-refractivity contribution in [3.8, 4) is 11.5 Å². The lowest BCUT2D eigenvalue weighted by atomic mass is 10.0. The molecule has 9 heteroatoms. The lowest BCUT2D eigenvalue weighted by Crippen LogP contribution is -2.36. The second kappa shape index (κ2) is 12.1. The van der Waals surface area contributed by atoms with Gasteiger partial charge >= 0.3 is 0 Å². The molecule has 0 fully saturated rings. The van der Waals surface area contributed by atoms with E-state index in [9.17, 15) is 4.79 Å². The van der Waals surface area contributed by atoms with Crippen LogP contribution >= 0.6 is 31.9 Å². The van der Waals surface area contributed by atoms with E-state index >= 15 is 0 Å². The summed E-state index contributed by atoms with van der Waals surface area (Å²) in [7, 11) is 7.47. The number of carbonyl (C=O) groups excluding carboxylic acids is 1. The van der Waals surface area contributed by atoms with Gasteiger partial charge in [0.1, 0.15) is 0 Å². The maximum absolute atomic E-state index is 12.9. The summed E-state index contributed by atoms with van der Waals surface area (Å²) in [5, 5.41) is 0. The summed E-state index contributed by atoms with van der Waals surface area (Å²) in [6.45, 7) is 4.24. The van der Waals surface area contributed by atoms with Crippen LogP contribution in [0.5, 0.6) is 11.5 Å². The molecular weight excluding hydrogens is 564 g/mol. The summed E-state index contributed by atoms with van der Waals surface area (Å²) in [4.78, 5) is 19.4. The van der Waals surface area contributed by atoms with Crippen molar-refractivity contribution in [3.63, 3.8) is 0 Å². The Hall–Kier alpha value is -1.97. The normalized spacial score (nSPS) is 13.6. The lowest BCUT2D eigenvalue weighted by molar-refractivity contribution is -0.130. The third kappa shape index (κ3) is 6.58. The Bertz CT molecular complexity index is 995. The maximum Gasteiger partial charge on any atom is 0.227 e. The minimum Gasteiger partial charge on any atom is -0.493 e. The van der Waals surface area contributed by atoms with Gasteiger partial charge in [0, 0.05) is 47.9 Å². The number of likely N-dealkylation sites (N-methyl/N-ethyl adjacent to an activating group) is 2. The number of benzene rings is 2. The van der Waals surface area contributed by atoms with E-state index in [0.29, 0.717) is 23.6 Å². The molecule has 0 saturated carbocycles. The first-order chi connectivity index (χ1) is 16.2. The number of nitrogens with two attached hydrogens (primary N) is 1. The van der Waals surface area contributed by atoms with Crippen LogP contribution < -0.4 is 20.1 Å². The zero-order chi connectivity index (χ0) is 24.8. The van der Waals surface area contributed by atoms with Gasteiger partial charge in [-0.05, 0) is 93.7 Å². The minimum atomic E-state index is 0.174. The van der Waals surface area contributed by atoms with Crippen LogP contribution in [0.4, 0.5) is 11.4 Å². The predicted octanol–water partition coefficient (Wildman–Crippen LogP) is 4.20. The van der Waals surface area contributed by atoms with Gasteiger partial charge in [0.05, 0.1) is 26.3 Å². The highest BCUT2D eigenvalue weighted by Crippen LogP contribution is 2.33. The molecule has 0 radical (unpaired) electrons. The van der Waals surface area contributed by atoms with E-state index in [4.69, 9.17) is 15.2 Å². The molecule has 0 atom stereocenters. The van der Waals surface area contributed by atoms with Crippen molar-refractivity contribution in [1.82, 2.24) is 9.80 Å². The number of amides is 1. The molecule has 1 aliphatic heterocycles. The maximum atomic E-state index is 12.9. The molecule has 1 amide bonds. The van der Waals surface area contributed by atoms with Crippen molar-refractivity contribution < 1.29 is 14.3 Å². The standard InChI is InChI=1S/C25H34Br2N4O3/c1-29(10-11-30(2)19-15-20(26)25(28)21(27)16-19)7-5-8-31-9-6-17-12-22(33-3)23(34-4)13-18(17)14-24(31)32/h12-13,15-16H,5-11,14,28H2,1-4H3. The second-order valence-electron chi connectivity index (χ2n) is 8.68. The van der Waals surface area contributed by atoms with Crippen molar-refractivity contribution >= 4 is 49.1 Å². The summed E-state index contributed by atoms with van der Waals surface area (Å²) in [6.07, 6.45) is 2.17. The Morgan fingerprint density at radius 1 is 0.971 bits per heavy atom. The van der Waals surface area contributed by atoms with E-state index in [1.165, 1.54) is 0 Å². The Labute approximate surface area is 219 Å². The molecule has 2 N–H and O–H groups in total. The molecule has 186 valence electrons. The van der Waals surface area contributed by atoms with Crippen molar-refractivity contribution in [3.05, 3.63) is 44.3 Å². The molecule has 2 aromatic carbocycles. The van der Waals surface area contributed by atoms with E-state index in [2.05, 4.69) is 55.8 Å². The van der Waals surface area contributed by atoms with Gasteiger partial charge in [-0.15, -0.1) is 0 Å². The van der Waals surface area contributed by atoms with Crippen molar-refractivity contribution in [1.29, 1.82) is 0 Å². The zero-order valence-corrected chi connectivity index (χ0v) is 23.5. The number of methoxy groups -OCH3 is 2. The number of rotatable bonds is 10. The number of hydrogen-bond acceptors (Lipinski definition) is 6. The number of ether oxygens (including phenoxy) is 2. The topological polar surface area (TPSA) is 71.3 Å². The molecule has 1 aliphatic rings. The average Bonchev–Trinajstić information content (AvgIpc) is 2.97. The third-order valence-electron chi connectivity index (χ3n) is 6.34. The van der Waals surface area contributed by atoms with Gasteiger partial charge in [0.2, 0.25) is 5.91 Å². The monoisotopic (exact) mass is 596 g/mol. The van der Waals surface area contributed by atoms with Gasteiger partial charge < -0.3 is 29.9 Å². The van der Waals surface area contributed by atoms with E-state index in [1.54, 1.807) is 14.2 Å². The van der Waals surface area contributed by atoms with Crippen LogP contribution in [0.25, 0.3) is 0 Å². The van der Waals surface area contributed by atoms with Gasteiger partial charge in [-0.1, -0.05) is 0 Å². The zero-order valence-electron chi connectivity index (χ0n) is 20.4. The molecular formula is C25H34Br2N4O3. The number of anilines is 2. The molecule has 0 spiro atoms. The molecule has 0 aromatic heterocycles. The lowest BCUT2D eigenvalue weighted by Gasteiger charge is -2.26. The Morgan fingerprint density at radius 2 is 1.59 bits per heavy atom. The molecule has 2 aromatic rings. The van der Waals surface area contributed by atoms with Crippen molar-refractivity contribution in [2.45, 2.75) is 19.3 Å². The Balaban J connectivity index is 1.47. The van der Waals surface area contributed by atoms with E-state index in [0.717, 1.165) is 71.3 Å². The van der Waals surface area contributed by atoms with Gasteiger partial charge in [-0.2, -0.15) is 0 Å². The van der Waals surface area contributed by atoms with E-state index in [-0.39, 0.29) is 5.91 Å². The molecule has 7 nitrogen and oxygen atoms in total. The minimum absolute atomic E-state index is 0.174. The highest BCUT2D eigenvalue weighted by Gasteiger charge is 2.22. The van der Waals surface area contributed by atoms with Crippen LogP contribution in [0.15, 0.2) is 33.2 Å². The van der Waals surface area contributed by atoms with Crippen LogP contribution in [0.2, 0.25) is 0 Å². The highest BCUT2D eigenvalue weighted by molar-refractivity contribution is 9.11. The number of hydrogen-bond donors (Lipinski definition) is 1. The first kappa shape index (κ1) is 26.6. The van der Waals surface area contributed by atoms with Gasteiger partial charge in [0.15, 0.2) is 11.5 Å². The third-order valence-corrected chi connectivity index (χ3v) is 7.65. The van der Waals surface area contributed by atoms with Crippen LogP contribution in [-0.2, 0) is 17.6 Å². The SMILES string of the molecule is COc1cc2c(cc1OC)CC(=O)N(CCCN(C)CCN(C)c1cc(Br)c(N)c(Br)c1)CC2. The molecule has 0 unspecified atom stereocenters. The number of halogens is 2. The van der Waals surface area contributed by atoms with Crippen LogP contribution in [-0.4, -0.2) is 76.7 Å². The fourth-order valence-corrected chi connectivity index (χ4v) is 5.30. The largest absolute Gasteiger partial charge is 0.493 e. The number of nitrogen functional groups attached to an aromatic ring is 1. The van der Waals surface area contributed by atoms with Gasteiger partial charge in [-0.3, -0.25) is 4.79 Å². The van der Waals surface area contributed by atoms with Gasteiger partial charge in [0.25, 0.3) is 0 Å². The highest BCUT2D eigenvalue weighted by atomic mass is 79.9. The van der Waals surface area contributed by atoms with E-state index in [1.807, 2.05) is 29.2 Å². The molecule has 0 bridgehead atoms. The van der Waals surface area contributed by atoms with Gasteiger partial charge in [-0.25, -0.2) is 0 Å². The van der Waals surface area contributed by atoms with E-state index < -0.39 is 0 Å². The predicted molar refractivity (Wildman–Crippen MR) is 145 cm³/mol. The van der Waals surface area contributed by atoms with Crippen molar-refractivity contribution in [2.24, 2.45) is 0 Å². The summed E-state index contributed by atoms with van der Waals surface area (Å²) < 4.78 is 12.6. The van der Waals surface area contributed by atoms with Crippen LogP contribution in [0.3, 0.4) is 0 Å². The summed E-state index contributed by atoms with van der Waals surface area (Å²) in [5.41, 5.74) is 10.0. The first-order valence-corrected chi connectivity index (χ1v) is 13.0. The number of nitrogens with zero attached hydrogens (tertiary/aromatic N) is 3. The molecule has 34 heavy (non-hydrogen) atoms. The van der Waals surface area contributed by atoms with Crippen LogP contribution in [0.1, 0.15) is 17.5 Å². The van der Waals surface area contributed by atoms with Crippen molar-refractivity contribution in [2.75, 3.05) is 71.7 Å². The fourth-order valence-electron chi connectivity index (χ4n) is 4.14. The molecule has 3 rings (SSSR count). The molecule has 0 saturated heterocycles. The average molecular weight is 598 g/mol.